The predicted molar refractivity (Wildman–Crippen MR) is 77.9 cm³/mol. The summed E-state index contributed by atoms with van der Waals surface area (Å²) in [5, 5.41) is 0. The Labute approximate surface area is 117 Å². The number of unbranched alkanes of at least 4 members (excludes halogenated alkanes) is 1. The summed E-state index contributed by atoms with van der Waals surface area (Å²) < 4.78 is 4.99. The van der Waals surface area contributed by atoms with E-state index in [1.165, 1.54) is 25.9 Å². The number of nitrogens with zero attached hydrogens (tertiary/aromatic N) is 1. The average molecular weight is 270 g/mol. The van der Waals surface area contributed by atoms with E-state index in [0.29, 0.717) is 13.0 Å². The lowest BCUT2D eigenvalue weighted by Crippen LogP contribution is -2.46. The highest BCUT2D eigenvalue weighted by molar-refractivity contribution is 5.79. The van der Waals surface area contributed by atoms with Crippen LogP contribution in [0.15, 0.2) is 0 Å². The number of carbonyl (C=O) groups is 1. The molecule has 0 bridgehead atoms. The van der Waals surface area contributed by atoms with Crippen molar-refractivity contribution in [3.05, 3.63) is 0 Å². The second kappa shape index (κ2) is 7.85. The molecule has 0 aromatic rings. The third-order valence-corrected chi connectivity index (χ3v) is 4.11. The molecule has 0 amide bonds. The molecule has 0 aliphatic carbocycles. The van der Waals surface area contributed by atoms with Crippen molar-refractivity contribution >= 4 is 5.97 Å². The molecule has 1 aliphatic heterocycles. The summed E-state index contributed by atoms with van der Waals surface area (Å²) in [6.07, 6.45) is 5.44. The van der Waals surface area contributed by atoms with E-state index in [0.717, 1.165) is 25.3 Å². The van der Waals surface area contributed by atoms with Crippen LogP contribution in [0.4, 0.5) is 0 Å². The van der Waals surface area contributed by atoms with E-state index >= 15 is 0 Å². The summed E-state index contributed by atoms with van der Waals surface area (Å²) >= 11 is 0. The zero-order chi connectivity index (χ0) is 14.3. The van der Waals surface area contributed by atoms with Crippen molar-refractivity contribution in [2.75, 3.05) is 26.2 Å². The maximum Gasteiger partial charge on any atom is 0.325 e. The minimum atomic E-state index is -0.826. The van der Waals surface area contributed by atoms with Gasteiger partial charge in [-0.15, -0.1) is 0 Å². The van der Waals surface area contributed by atoms with E-state index < -0.39 is 5.54 Å². The molecule has 2 atom stereocenters. The molecule has 112 valence electrons. The van der Waals surface area contributed by atoms with Gasteiger partial charge >= 0.3 is 5.97 Å². The quantitative estimate of drug-likeness (QED) is 0.542. The molecule has 0 aromatic heterocycles. The average Bonchev–Trinajstić information content (AvgIpc) is 2.83. The summed E-state index contributed by atoms with van der Waals surface area (Å²) in [6, 6.07) is 0. The van der Waals surface area contributed by atoms with Crippen molar-refractivity contribution in [1.82, 2.24) is 4.90 Å². The predicted octanol–water partition coefficient (Wildman–Crippen LogP) is 2.17. The highest BCUT2D eigenvalue weighted by atomic mass is 16.5. The SMILES string of the molecule is CCOC(=O)C(C)(N)CCCCN1CCC(CC)C1. The number of hydrogen-bond acceptors (Lipinski definition) is 4. The molecular weight excluding hydrogens is 240 g/mol. The number of nitrogens with two attached hydrogens (primary N) is 1. The fourth-order valence-electron chi connectivity index (χ4n) is 2.67. The van der Waals surface area contributed by atoms with E-state index in [9.17, 15) is 4.79 Å². The Morgan fingerprint density at radius 2 is 2.16 bits per heavy atom. The van der Waals surface area contributed by atoms with Gasteiger partial charge in [-0.3, -0.25) is 4.79 Å². The van der Waals surface area contributed by atoms with Crippen molar-refractivity contribution in [3.63, 3.8) is 0 Å². The normalized spacial score (nSPS) is 23.3. The van der Waals surface area contributed by atoms with Crippen LogP contribution in [0.2, 0.25) is 0 Å². The van der Waals surface area contributed by atoms with Crippen molar-refractivity contribution in [1.29, 1.82) is 0 Å². The lowest BCUT2D eigenvalue weighted by atomic mass is 9.96. The second-order valence-electron chi connectivity index (χ2n) is 5.96. The highest BCUT2D eigenvalue weighted by Crippen LogP contribution is 2.20. The molecule has 2 unspecified atom stereocenters. The Bertz CT molecular complexity index is 279. The summed E-state index contributed by atoms with van der Waals surface area (Å²) in [7, 11) is 0. The van der Waals surface area contributed by atoms with E-state index in [-0.39, 0.29) is 5.97 Å². The molecule has 0 saturated carbocycles. The first-order valence-electron chi connectivity index (χ1n) is 7.68. The van der Waals surface area contributed by atoms with Gasteiger partial charge in [0.25, 0.3) is 0 Å². The van der Waals surface area contributed by atoms with Crippen molar-refractivity contribution in [3.8, 4) is 0 Å². The summed E-state index contributed by atoms with van der Waals surface area (Å²) in [5.74, 6) is 0.613. The Morgan fingerprint density at radius 1 is 1.42 bits per heavy atom. The van der Waals surface area contributed by atoms with Gasteiger partial charge in [0, 0.05) is 6.54 Å². The van der Waals surface area contributed by atoms with Gasteiger partial charge in [0.2, 0.25) is 0 Å². The molecule has 0 aromatic carbocycles. The Morgan fingerprint density at radius 3 is 2.74 bits per heavy atom. The van der Waals surface area contributed by atoms with E-state index in [1.807, 2.05) is 6.92 Å². The fourth-order valence-corrected chi connectivity index (χ4v) is 2.67. The number of carbonyl (C=O) groups excluding carboxylic acids is 1. The Hall–Kier alpha value is -0.610. The molecule has 1 heterocycles. The number of esters is 1. The van der Waals surface area contributed by atoms with Crippen LogP contribution >= 0.6 is 0 Å². The molecule has 1 saturated heterocycles. The van der Waals surface area contributed by atoms with Crippen LogP contribution in [0.1, 0.15) is 52.9 Å². The molecule has 4 heteroatoms. The van der Waals surface area contributed by atoms with Crippen LogP contribution < -0.4 is 5.73 Å². The van der Waals surface area contributed by atoms with Crippen LogP contribution in [-0.4, -0.2) is 42.6 Å². The van der Waals surface area contributed by atoms with Gasteiger partial charge in [-0.1, -0.05) is 13.3 Å². The summed E-state index contributed by atoms with van der Waals surface area (Å²) in [6.45, 7) is 9.87. The first kappa shape index (κ1) is 16.4. The van der Waals surface area contributed by atoms with Crippen LogP contribution in [0.5, 0.6) is 0 Å². The maximum atomic E-state index is 11.6. The molecule has 1 rings (SSSR count). The van der Waals surface area contributed by atoms with Gasteiger partial charge in [-0.05, 0) is 58.5 Å². The maximum absolute atomic E-state index is 11.6. The van der Waals surface area contributed by atoms with E-state index in [4.69, 9.17) is 10.5 Å². The van der Waals surface area contributed by atoms with E-state index in [2.05, 4.69) is 11.8 Å². The van der Waals surface area contributed by atoms with Crippen molar-refractivity contribution < 1.29 is 9.53 Å². The summed E-state index contributed by atoms with van der Waals surface area (Å²) in [5.41, 5.74) is 5.17. The van der Waals surface area contributed by atoms with Crippen LogP contribution in [-0.2, 0) is 9.53 Å². The molecule has 2 N–H and O–H groups in total. The van der Waals surface area contributed by atoms with Crippen LogP contribution in [0, 0.1) is 5.92 Å². The summed E-state index contributed by atoms with van der Waals surface area (Å²) in [4.78, 5) is 14.2. The minimum absolute atomic E-state index is 0.276. The van der Waals surface area contributed by atoms with Gasteiger partial charge in [-0.2, -0.15) is 0 Å². The van der Waals surface area contributed by atoms with Gasteiger partial charge in [0.1, 0.15) is 5.54 Å². The van der Waals surface area contributed by atoms with Gasteiger partial charge in [-0.25, -0.2) is 0 Å². The molecule has 19 heavy (non-hydrogen) atoms. The number of likely N-dealkylation sites (tertiary alicyclic amines) is 1. The topological polar surface area (TPSA) is 55.6 Å². The second-order valence-corrected chi connectivity index (χ2v) is 5.96. The molecule has 0 spiro atoms. The molecule has 0 radical (unpaired) electrons. The first-order chi connectivity index (χ1) is 8.99. The smallest absolute Gasteiger partial charge is 0.325 e. The third-order valence-electron chi connectivity index (χ3n) is 4.11. The lowest BCUT2D eigenvalue weighted by molar-refractivity contribution is -0.149. The number of rotatable bonds is 8. The monoisotopic (exact) mass is 270 g/mol. The first-order valence-corrected chi connectivity index (χ1v) is 7.68. The molecule has 4 nitrogen and oxygen atoms in total. The zero-order valence-electron chi connectivity index (χ0n) is 12.8. The number of ether oxygens (including phenoxy) is 1. The minimum Gasteiger partial charge on any atom is -0.465 e. The third kappa shape index (κ3) is 5.49. The van der Waals surface area contributed by atoms with E-state index in [1.54, 1.807) is 6.92 Å². The number of hydrogen-bond donors (Lipinski definition) is 1. The molecular formula is C15H30N2O2. The lowest BCUT2D eigenvalue weighted by Gasteiger charge is -2.22. The Kier molecular flexibility index (Phi) is 6.80. The fraction of sp³-hybridized carbons (Fsp3) is 0.933. The van der Waals surface area contributed by atoms with Gasteiger partial charge < -0.3 is 15.4 Å². The standard InChI is InChI=1S/C15H30N2O2/c1-4-13-8-11-17(12-13)10-7-6-9-15(3,16)14(18)19-5-2/h13H,4-12,16H2,1-3H3. The largest absolute Gasteiger partial charge is 0.465 e. The van der Waals surface area contributed by atoms with Gasteiger partial charge in [0.05, 0.1) is 6.61 Å². The van der Waals surface area contributed by atoms with Crippen molar-refractivity contribution in [2.45, 2.75) is 58.4 Å². The van der Waals surface area contributed by atoms with Crippen LogP contribution in [0.25, 0.3) is 0 Å². The molecule has 1 fully saturated rings. The zero-order valence-corrected chi connectivity index (χ0v) is 12.8. The van der Waals surface area contributed by atoms with Crippen molar-refractivity contribution in [2.24, 2.45) is 11.7 Å². The highest BCUT2D eigenvalue weighted by Gasteiger charge is 2.29. The van der Waals surface area contributed by atoms with Gasteiger partial charge in [0.15, 0.2) is 0 Å². The molecule has 1 aliphatic rings. The Balaban J connectivity index is 2.15. The van der Waals surface area contributed by atoms with Crippen LogP contribution in [0.3, 0.4) is 0 Å².